The highest BCUT2D eigenvalue weighted by Gasteiger charge is 2.19. The van der Waals surface area contributed by atoms with Crippen LogP contribution in [0.15, 0.2) is 243 Å². The number of nitrogens with zero attached hydrogens (tertiary/aromatic N) is 2. The number of para-hydroxylation sites is 3. The average molecular weight is 741 g/mol. The molecule has 0 atom stereocenters. The third-order valence-electron chi connectivity index (χ3n) is 11.0. The molecule has 0 amide bonds. The summed E-state index contributed by atoms with van der Waals surface area (Å²) < 4.78 is 2.37. The van der Waals surface area contributed by atoms with Gasteiger partial charge in [-0.1, -0.05) is 182 Å². The zero-order valence-electron chi connectivity index (χ0n) is 32.0. The van der Waals surface area contributed by atoms with Crippen molar-refractivity contribution in [2.24, 2.45) is 0 Å². The van der Waals surface area contributed by atoms with E-state index in [4.69, 9.17) is 0 Å². The van der Waals surface area contributed by atoms with Crippen LogP contribution in [0.2, 0.25) is 0 Å². The van der Waals surface area contributed by atoms with Crippen LogP contribution in [-0.2, 0) is 0 Å². The van der Waals surface area contributed by atoms with Crippen LogP contribution in [0.25, 0.3) is 49.8 Å². The molecule has 10 aromatic rings. The number of benzene rings is 9. The second-order valence-electron chi connectivity index (χ2n) is 14.5. The van der Waals surface area contributed by atoms with Gasteiger partial charge in [-0.25, -0.2) is 0 Å². The molecule has 0 aliphatic rings. The molecule has 0 aliphatic heterocycles. The fourth-order valence-corrected chi connectivity index (χ4v) is 8.36. The van der Waals surface area contributed by atoms with Gasteiger partial charge < -0.3 is 9.47 Å². The molecule has 0 saturated carbocycles. The summed E-state index contributed by atoms with van der Waals surface area (Å²) in [5.41, 5.74) is 16.3. The summed E-state index contributed by atoms with van der Waals surface area (Å²) in [5.74, 6) is 0. The van der Waals surface area contributed by atoms with Crippen molar-refractivity contribution in [3.8, 4) is 16.8 Å². The largest absolute Gasteiger partial charge is 0.310 e. The van der Waals surface area contributed by atoms with Crippen LogP contribution >= 0.6 is 0 Å². The van der Waals surface area contributed by atoms with E-state index in [2.05, 4.69) is 252 Å². The summed E-state index contributed by atoms with van der Waals surface area (Å²) in [6.45, 7) is 0. The molecule has 0 radical (unpaired) electrons. The molecule has 2 heteroatoms. The van der Waals surface area contributed by atoms with Crippen LogP contribution in [-0.4, -0.2) is 4.57 Å². The molecule has 0 unspecified atom stereocenters. The zero-order valence-corrected chi connectivity index (χ0v) is 32.0. The van der Waals surface area contributed by atoms with Crippen LogP contribution in [0.3, 0.4) is 0 Å². The van der Waals surface area contributed by atoms with Gasteiger partial charge in [-0.05, 0) is 105 Å². The standard InChI is InChI=1S/C56H40N2/c1-6-19-42(20-7-1)55(43-21-8-2-9-22-43)56(44-23-10-3-11-24-44)45-35-33-41(34-36-45)46-25-18-30-49(39-46)57(47-26-12-4-13-27-47)50-37-38-54-52(40-50)51-31-16-17-32-53(51)58(54)48-28-14-5-15-29-48/h1-40H. The molecule has 1 aromatic heterocycles. The summed E-state index contributed by atoms with van der Waals surface area (Å²) in [5, 5.41) is 2.45. The Morgan fingerprint density at radius 2 is 0.759 bits per heavy atom. The molecule has 2 nitrogen and oxygen atoms in total. The lowest BCUT2D eigenvalue weighted by molar-refractivity contribution is 1.18. The quantitative estimate of drug-likeness (QED) is 0.134. The summed E-state index contributed by atoms with van der Waals surface area (Å²) in [4.78, 5) is 2.37. The highest BCUT2D eigenvalue weighted by Crippen LogP contribution is 2.42. The van der Waals surface area contributed by atoms with E-state index in [0.717, 1.165) is 33.9 Å². The molecule has 0 N–H and O–H groups in total. The van der Waals surface area contributed by atoms with Crippen LogP contribution in [0, 0.1) is 0 Å². The third-order valence-corrected chi connectivity index (χ3v) is 11.0. The van der Waals surface area contributed by atoms with Gasteiger partial charge in [0.1, 0.15) is 0 Å². The maximum Gasteiger partial charge on any atom is 0.0542 e. The third kappa shape index (κ3) is 6.57. The van der Waals surface area contributed by atoms with E-state index < -0.39 is 0 Å². The summed E-state index contributed by atoms with van der Waals surface area (Å²) in [6.07, 6.45) is 0. The maximum absolute atomic E-state index is 2.37. The van der Waals surface area contributed by atoms with E-state index in [1.165, 1.54) is 55.2 Å². The fraction of sp³-hybridized carbons (Fsp3) is 0. The molecule has 9 aromatic carbocycles. The average Bonchev–Trinajstić information content (AvgIpc) is 3.64. The van der Waals surface area contributed by atoms with Gasteiger partial charge in [-0.15, -0.1) is 0 Å². The Morgan fingerprint density at radius 3 is 1.36 bits per heavy atom. The van der Waals surface area contributed by atoms with Crippen molar-refractivity contribution in [1.82, 2.24) is 4.57 Å². The van der Waals surface area contributed by atoms with Crippen LogP contribution in [0.5, 0.6) is 0 Å². The number of anilines is 3. The first kappa shape index (κ1) is 34.8. The van der Waals surface area contributed by atoms with Crippen LogP contribution in [0.4, 0.5) is 17.1 Å². The minimum atomic E-state index is 1.10. The summed E-state index contributed by atoms with van der Waals surface area (Å²) >= 11 is 0. The predicted molar refractivity (Wildman–Crippen MR) is 245 cm³/mol. The highest BCUT2D eigenvalue weighted by atomic mass is 15.1. The second kappa shape index (κ2) is 15.5. The van der Waals surface area contributed by atoms with Gasteiger partial charge in [0.2, 0.25) is 0 Å². The van der Waals surface area contributed by atoms with Crippen molar-refractivity contribution in [2.45, 2.75) is 0 Å². The van der Waals surface area contributed by atoms with Crippen molar-refractivity contribution in [3.63, 3.8) is 0 Å². The van der Waals surface area contributed by atoms with Gasteiger partial charge in [0.25, 0.3) is 0 Å². The first-order valence-electron chi connectivity index (χ1n) is 19.9. The molecule has 0 saturated heterocycles. The Hall–Kier alpha value is -7.68. The van der Waals surface area contributed by atoms with E-state index in [1.807, 2.05) is 0 Å². The molecule has 10 rings (SSSR count). The number of rotatable bonds is 9. The molecule has 0 spiro atoms. The SMILES string of the molecule is c1ccc(C(=C(c2ccccc2)c2ccc(-c3cccc(N(c4ccccc4)c4ccc5c(c4)c4ccccc4n5-c4ccccc4)c3)cc2)c2ccccc2)cc1. The van der Waals surface area contributed by atoms with E-state index in [-0.39, 0.29) is 0 Å². The van der Waals surface area contributed by atoms with Crippen molar-refractivity contribution < 1.29 is 0 Å². The van der Waals surface area contributed by atoms with Gasteiger partial charge in [-0.3, -0.25) is 0 Å². The Labute approximate surface area is 339 Å². The van der Waals surface area contributed by atoms with Gasteiger partial charge >= 0.3 is 0 Å². The van der Waals surface area contributed by atoms with Crippen molar-refractivity contribution in [3.05, 3.63) is 265 Å². The second-order valence-corrected chi connectivity index (χ2v) is 14.5. The van der Waals surface area contributed by atoms with E-state index in [9.17, 15) is 0 Å². The summed E-state index contributed by atoms with van der Waals surface area (Å²) in [7, 11) is 0. The minimum absolute atomic E-state index is 1.10. The van der Waals surface area contributed by atoms with Crippen molar-refractivity contribution in [1.29, 1.82) is 0 Å². The topological polar surface area (TPSA) is 8.17 Å². The summed E-state index contributed by atoms with van der Waals surface area (Å²) in [6, 6.07) is 87.2. The Kier molecular flexibility index (Phi) is 9.27. The molecule has 0 bridgehead atoms. The maximum atomic E-state index is 2.37. The lowest BCUT2D eigenvalue weighted by atomic mass is 9.85. The van der Waals surface area contributed by atoms with E-state index in [0.29, 0.717) is 0 Å². The monoisotopic (exact) mass is 740 g/mol. The lowest BCUT2D eigenvalue weighted by Gasteiger charge is -2.26. The molecular weight excluding hydrogens is 701 g/mol. The van der Waals surface area contributed by atoms with Crippen LogP contribution in [0.1, 0.15) is 22.3 Å². The number of hydrogen-bond donors (Lipinski definition) is 0. The lowest BCUT2D eigenvalue weighted by Crippen LogP contribution is -2.10. The molecular formula is C56H40N2. The van der Waals surface area contributed by atoms with Crippen molar-refractivity contribution >= 4 is 50.0 Å². The predicted octanol–water partition coefficient (Wildman–Crippen LogP) is 14.9. The first-order valence-corrected chi connectivity index (χ1v) is 19.9. The smallest absolute Gasteiger partial charge is 0.0542 e. The van der Waals surface area contributed by atoms with Crippen molar-refractivity contribution in [2.75, 3.05) is 4.90 Å². The van der Waals surface area contributed by atoms with Gasteiger partial charge in [-0.2, -0.15) is 0 Å². The number of fused-ring (bicyclic) bond motifs is 3. The molecule has 1 heterocycles. The number of hydrogen-bond acceptors (Lipinski definition) is 1. The first-order chi connectivity index (χ1) is 28.8. The number of aromatic nitrogens is 1. The van der Waals surface area contributed by atoms with Gasteiger partial charge in [0, 0.05) is 33.5 Å². The zero-order chi connectivity index (χ0) is 38.7. The molecule has 0 aliphatic carbocycles. The molecule has 0 fully saturated rings. The van der Waals surface area contributed by atoms with Crippen LogP contribution < -0.4 is 4.90 Å². The normalized spacial score (nSPS) is 11.1. The Bertz CT molecular complexity index is 2960. The molecule has 58 heavy (non-hydrogen) atoms. The fourth-order valence-electron chi connectivity index (χ4n) is 8.36. The van der Waals surface area contributed by atoms with E-state index in [1.54, 1.807) is 0 Å². The minimum Gasteiger partial charge on any atom is -0.310 e. The Morgan fingerprint density at radius 1 is 0.293 bits per heavy atom. The van der Waals surface area contributed by atoms with Gasteiger partial charge in [0.15, 0.2) is 0 Å². The molecule has 274 valence electrons. The van der Waals surface area contributed by atoms with Gasteiger partial charge in [0.05, 0.1) is 11.0 Å². The Balaban J connectivity index is 1.08. The highest BCUT2D eigenvalue weighted by molar-refractivity contribution is 6.11. The van der Waals surface area contributed by atoms with E-state index >= 15 is 0 Å².